The van der Waals surface area contributed by atoms with Crippen molar-refractivity contribution >= 4 is 23.6 Å². The average Bonchev–Trinajstić information content (AvgIpc) is 3.20. The van der Waals surface area contributed by atoms with Crippen molar-refractivity contribution < 1.29 is 4.79 Å². The minimum absolute atomic E-state index is 0.256. The molecule has 6 heteroatoms. The predicted molar refractivity (Wildman–Crippen MR) is 110 cm³/mol. The normalized spacial score (nSPS) is 20.0. The molecule has 1 aromatic rings. The van der Waals surface area contributed by atoms with E-state index in [4.69, 9.17) is 0 Å². The van der Waals surface area contributed by atoms with Crippen molar-refractivity contribution in [3.05, 3.63) is 35.4 Å². The van der Waals surface area contributed by atoms with Crippen LogP contribution in [0, 0.1) is 0 Å². The van der Waals surface area contributed by atoms with Crippen LogP contribution in [0.5, 0.6) is 0 Å². The maximum atomic E-state index is 12.5. The van der Waals surface area contributed by atoms with Crippen LogP contribution in [-0.2, 0) is 17.8 Å². The van der Waals surface area contributed by atoms with E-state index in [9.17, 15) is 4.79 Å². The number of hydrogen-bond acceptors (Lipinski definition) is 3. The van der Waals surface area contributed by atoms with Gasteiger partial charge in [-0.05, 0) is 42.6 Å². The smallest absolute Gasteiger partial charge is 0.222 e. The van der Waals surface area contributed by atoms with Gasteiger partial charge in [0, 0.05) is 44.9 Å². The zero-order valence-electron chi connectivity index (χ0n) is 15.7. The van der Waals surface area contributed by atoms with Gasteiger partial charge in [-0.25, -0.2) is 0 Å². The molecule has 2 aliphatic heterocycles. The van der Waals surface area contributed by atoms with Gasteiger partial charge >= 0.3 is 0 Å². The monoisotopic (exact) mass is 374 g/mol. The summed E-state index contributed by atoms with van der Waals surface area (Å²) >= 11 is 2.04. The van der Waals surface area contributed by atoms with Gasteiger partial charge in [-0.3, -0.25) is 9.79 Å². The lowest BCUT2D eigenvalue weighted by atomic mass is 9.99. The molecule has 1 unspecified atom stereocenters. The average molecular weight is 375 g/mol. The Bertz CT molecular complexity index is 628. The zero-order chi connectivity index (χ0) is 18.2. The number of carbonyl (C=O) groups is 1. The Morgan fingerprint density at radius 3 is 2.92 bits per heavy atom. The van der Waals surface area contributed by atoms with E-state index < -0.39 is 0 Å². The predicted octanol–water partition coefficient (Wildman–Crippen LogP) is 2.41. The van der Waals surface area contributed by atoms with E-state index in [-0.39, 0.29) is 5.91 Å². The van der Waals surface area contributed by atoms with Gasteiger partial charge in [0.05, 0.1) is 0 Å². The van der Waals surface area contributed by atoms with Crippen LogP contribution in [0.2, 0.25) is 0 Å². The number of aliphatic imine (C=N–C) groups is 1. The number of carbonyl (C=O) groups excluding carboxylic acids is 1. The number of nitrogens with zero attached hydrogens (tertiary/aromatic N) is 2. The number of thioether (sulfide) groups is 1. The van der Waals surface area contributed by atoms with Crippen molar-refractivity contribution in [1.82, 2.24) is 15.5 Å². The molecular weight excluding hydrogens is 344 g/mol. The van der Waals surface area contributed by atoms with Crippen LogP contribution in [0.3, 0.4) is 0 Å². The molecule has 26 heavy (non-hydrogen) atoms. The molecule has 0 saturated carbocycles. The van der Waals surface area contributed by atoms with E-state index in [0.29, 0.717) is 11.7 Å². The van der Waals surface area contributed by atoms with Crippen LogP contribution in [0.15, 0.2) is 29.3 Å². The lowest BCUT2D eigenvalue weighted by molar-refractivity contribution is -0.132. The van der Waals surface area contributed by atoms with Gasteiger partial charge in [-0.1, -0.05) is 24.3 Å². The number of nitrogens with one attached hydrogen (secondary N) is 2. The Balaban J connectivity index is 1.33. The Labute approximate surface area is 161 Å². The maximum absolute atomic E-state index is 12.5. The van der Waals surface area contributed by atoms with Crippen molar-refractivity contribution in [2.45, 2.75) is 43.9 Å². The number of hydrogen-bond donors (Lipinski definition) is 2. The van der Waals surface area contributed by atoms with Gasteiger partial charge in [0.25, 0.3) is 0 Å². The molecule has 2 N–H and O–H groups in total. The minimum Gasteiger partial charge on any atom is -0.356 e. The summed E-state index contributed by atoms with van der Waals surface area (Å²) < 4.78 is 0. The van der Waals surface area contributed by atoms with Gasteiger partial charge in [-0.15, -0.1) is 0 Å². The standard InChI is InChI=1S/C20H30N4OS/c1-21-20(23-14-18-8-5-13-26-18)22-11-4-9-19(25)24-12-10-16-6-2-3-7-17(16)15-24/h2-3,6-7,18H,4-5,8-15H2,1H3,(H2,21,22,23). The molecule has 142 valence electrons. The highest BCUT2D eigenvalue weighted by Crippen LogP contribution is 2.25. The Morgan fingerprint density at radius 1 is 1.31 bits per heavy atom. The first-order valence-corrected chi connectivity index (χ1v) is 10.7. The molecule has 1 atom stereocenters. The van der Waals surface area contributed by atoms with Crippen LogP contribution in [-0.4, -0.2) is 54.5 Å². The van der Waals surface area contributed by atoms with Gasteiger partial charge < -0.3 is 15.5 Å². The van der Waals surface area contributed by atoms with Crippen LogP contribution in [0.25, 0.3) is 0 Å². The maximum Gasteiger partial charge on any atom is 0.222 e. The van der Waals surface area contributed by atoms with Crippen LogP contribution < -0.4 is 10.6 Å². The third-order valence-corrected chi connectivity index (χ3v) is 6.49. The molecule has 0 radical (unpaired) electrons. The number of amides is 1. The first-order valence-electron chi connectivity index (χ1n) is 9.67. The minimum atomic E-state index is 0.256. The molecule has 1 fully saturated rings. The van der Waals surface area contributed by atoms with Crippen molar-refractivity contribution in [2.24, 2.45) is 4.99 Å². The molecule has 2 aliphatic rings. The Morgan fingerprint density at radius 2 is 2.15 bits per heavy atom. The number of rotatable bonds is 6. The van der Waals surface area contributed by atoms with Crippen LogP contribution in [0.1, 0.15) is 36.8 Å². The fourth-order valence-electron chi connectivity index (χ4n) is 3.55. The summed E-state index contributed by atoms with van der Waals surface area (Å²) in [7, 11) is 1.80. The fraction of sp³-hybridized carbons (Fsp3) is 0.600. The summed E-state index contributed by atoms with van der Waals surface area (Å²) in [4.78, 5) is 18.7. The summed E-state index contributed by atoms with van der Waals surface area (Å²) in [6, 6.07) is 8.44. The van der Waals surface area contributed by atoms with Crippen LogP contribution in [0.4, 0.5) is 0 Å². The molecule has 1 amide bonds. The largest absolute Gasteiger partial charge is 0.356 e. The van der Waals surface area contributed by atoms with Gasteiger partial charge in [0.1, 0.15) is 0 Å². The SMILES string of the molecule is CN=C(NCCCC(=O)N1CCc2ccccc2C1)NCC1CCCS1. The topological polar surface area (TPSA) is 56.7 Å². The summed E-state index contributed by atoms with van der Waals surface area (Å²) in [5.74, 6) is 2.38. The second kappa shape index (κ2) is 9.86. The molecule has 5 nitrogen and oxygen atoms in total. The quantitative estimate of drug-likeness (QED) is 0.456. The molecular formula is C20H30N4OS. The molecule has 0 spiro atoms. The lowest BCUT2D eigenvalue weighted by Gasteiger charge is -2.29. The van der Waals surface area contributed by atoms with Crippen molar-refractivity contribution in [3.8, 4) is 0 Å². The van der Waals surface area contributed by atoms with E-state index in [0.717, 1.165) is 45.0 Å². The summed E-state index contributed by atoms with van der Waals surface area (Å²) in [5, 5.41) is 7.43. The number of fused-ring (bicyclic) bond motifs is 1. The third-order valence-electron chi connectivity index (χ3n) is 5.09. The van der Waals surface area contributed by atoms with E-state index >= 15 is 0 Å². The summed E-state index contributed by atoms with van der Waals surface area (Å²) in [5.41, 5.74) is 2.67. The van der Waals surface area contributed by atoms with Crippen molar-refractivity contribution in [1.29, 1.82) is 0 Å². The molecule has 1 saturated heterocycles. The van der Waals surface area contributed by atoms with Crippen molar-refractivity contribution in [3.63, 3.8) is 0 Å². The number of guanidine groups is 1. The molecule has 0 bridgehead atoms. The lowest BCUT2D eigenvalue weighted by Crippen LogP contribution is -2.41. The first-order chi connectivity index (χ1) is 12.8. The second-order valence-corrected chi connectivity index (χ2v) is 8.36. The van der Waals surface area contributed by atoms with Gasteiger partial charge in [0.15, 0.2) is 5.96 Å². The van der Waals surface area contributed by atoms with Gasteiger partial charge in [0.2, 0.25) is 5.91 Å². The number of benzene rings is 1. The highest BCUT2D eigenvalue weighted by molar-refractivity contribution is 8.00. The molecule has 3 rings (SSSR count). The third kappa shape index (κ3) is 5.40. The van der Waals surface area contributed by atoms with Crippen molar-refractivity contribution in [2.75, 3.05) is 32.4 Å². The van der Waals surface area contributed by atoms with E-state index in [1.165, 1.54) is 29.7 Å². The molecule has 2 heterocycles. The summed E-state index contributed by atoms with van der Waals surface area (Å²) in [6.07, 6.45) is 5.00. The highest BCUT2D eigenvalue weighted by Gasteiger charge is 2.20. The van der Waals surface area contributed by atoms with E-state index in [1.54, 1.807) is 7.05 Å². The van der Waals surface area contributed by atoms with E-state index in [2.05, 4.69) is 39.9 Å². The van der Waals surface area contributed by atoms with Gasteiger partial charge in [-0.2, -0.15) is 11.8 Å². The Hall–Kier alpha value is -1.69. The zero-order valence-corrected chi connectivity index (χ0v) is 16.5. The first kappa shape index (κ1) is 19.1. The molecule has 0 aliphatic carbocycles. The highest BCUT2D eigenvalue weighted by atomic mass is 32.2. The molecule has 0 aromatic heterocycles. The van der Waals surface area contributed by atoms with Crippen LogP contribution >= 0.6 is 11.8 Å². The second-order valence-electron chi connectivity index (χ2n) is 6.95. The Kier molecular flexibility index (Phi) is 7.23. The van der Waals surface area contributed by atoms with E-state index in [1.807, 2.05) is 16.7 Å². The fourth-order valence-corrected chi connectivity index (χ4v) is 4.75. The molecule has 1 aromatic carbocycles. The summed E-state index contributed by atoms with van der Waals surface area (Å²) in [6.45, 7) is 3.33.